The summed E-state index contributed by atoms with van der Waals surface area (Å²) < 4.78 is 56.6. The Hall–Kier alpha value is -1.58. The lowest BCUT2D eigenvalue weighted by atomic mass is 10.2. The minimum Gasteiger partial charge on any atom is -0.308 e. The zero-order valence-electron chi connectivity index (χ0n) is 16.1. The highest BCUT2D eigenvalue weighted by Crippen LogP contribution is 2.23. The third-order valence-electron chi connectivity index (χ3n) is 4.26. The summed E-state index contributed by atoms with van der Waals surface area (Å²) >= 11 is 6.03. The highest BCUT2D eigenvalue weighted by atomic mass is 35.5. The maximum atomic E-state index is 14.1. The van der Waals surface area contributed by atoms with E-state index in [2.05, 4.69) is 0 Å². The van der Waals surface area contributed by atoms with Crippen LogP contribution in [-0.2, 0) is 23.3 Å². The maximum Gasteiger partial charge on any atom is 0.282 e. The summed E-state index contributed by atoms with van der Waals surface area (Å²) in [5.74, 6) is -1.06. The number of rotatable bonds is 9. The van der Waals surface area contributed by atoms with Gasteiger partial charge < -0.3 is 4.90 Å². The molecule has 0 aromatic heterocycles. The Morgan fingerprint density at radius 3 is 2.14 bits per heavy atom. The Kier molecular flexibility index (Phi) is 7.91. The van der Waals surface area contributed by atoms with E-state index in [4.69, 9.17) is 11.6 Å². The molecule has 28 heavy (non-hydrogen) atoms. The largest absolute Gasteiger partial charge is 0.308 e. The zero-order chi connectivity index (χ0) is 20.9. The van der Waals surface area contributed by atoms with Crippen molar-refractivity contribution < 1.29 is 17.2 Å². The van der Waals surface area contributed by atoms with Crippen LogP contribution in [0.1, 0.15) is 11.1 Å². The van der Waals surface area contributed by atoms with Crippen molar-refractivity contribution in [2.75, 3.05) is 34.2 Å². The molecule has 9 heteroatoms. The van der Waals surface area contributed by atoms with E-state index in [9.17, 15) is 17.2 Å². The molecular formula is C19H24ClF2N3O2S. The van der Waals surface area contributed by atoms with Crippen LogP contribution in [0.3, 0.4) is 0 Å². The van der Waals surface area contributed by atoms with Gasteiger partial charge in [0.05, 0.1) is 0 Å². The quantitative estimate of drug-likeness (QED) is 0.611. The molecule has 0 heterocycles. The first-order chi connectivity index (χ1) is 13.1. The highest BCUT2D eigenvalue weighted by Gasteiger charge is 2.29. The van der Waals surface area contributed by atoms with Gasteiger partial charge in [0.25, 0.3) is 10.2 Å². The van der Waals surface area contributed by atoms with Gasteiger partial charge in [-0.2, -0.15) is 17.0 Å². The molecule has 0 atom stereocenters. The van der Waals surface area contributed by atoms with Gasteiger partial charge in [-0.15, -0.1) is 0 Å². The van der Waals surface area contributed by atoms with Crippen LogP contribution in [0.2, 0.25) is 5.02 Å². The molecule has 0 unspecified atom stereocenters. The van der Waals surface area contributed by atoms with Crippen molar-refractivity contribution >= 4 is 21.8 Å². The Labute approximate surface area is 170 Å². The second-order valence-corrected chi connectivity index (χ2v) is 9.13. The molecule has 2 aromatic carbocycles. The summed E-state index contributed by atoms with van der Waals surface area (Å²) in [6.07, 6.45) is 0. The fraction of sp³-hybridized carbons (Fsp3) is 0.368. The van der Waals surface area contributed by atoms with Crippen LogP contribution in [0.15, 0.2) is 42.5 Å². The van der Waals surface area contributed by atoms with E-state index >= 15 is 0 Å². The first kappa shape index (κ1) is 22.7. The van der Waals surface area contributed by atoms with E-state index in [1.165, 1.54) is 35.6 Å². The first-order valence-electron chi connectivity index (χ1n) is 8.65. The molecule has 0 spiro atoms. The molecule has 0 saturated carbocycles. The summed E-state index contributed by atoms with van der Waals surface area (Å²) in [7, 11) is 0.986. The van der Waals surface area contributed by atoms with Crippen molar-refractivity contribution in [3.05, 3.63) is 70.2 Å². The number of hydrogen-bond donors (Lipinski definition) is 0. The third-order valence-corrected chi connectivity index (χ3v) is 6.50. The Morgan fingerprint density at radius 2 is 1.54 bits per heavy atom. The minimum atomic E-state index is -4.00. The van der Waals surface area contributed by atoms with E-state index < -0.39 is 21.8 Å². The van der Waals surface area contributed by atoms with Crippen molar-refractivity contribution in [1.29, 1.82) is 0 Å². The number of hydrogen-bond acceptors (Lipinski definition) is 3. The number of benzene rings is 2. The predicted octanol–water partition coefficient (Wildman–Crippen LogP) is 3.36. The molecule has 0 saturated heterocycles. The van der Waals surface area contributed by atoms with Crippen molar-refractivity contribution in [1.82, 2.24) is 13.5 Å². The lowest BCUT2D eigenvalue weighted by molar-refractivity contribution is 0.304. The minimum absolute atomic E-state index is 0.0914. The highest BCUT2D eigenvalue weighted by molar-refractivity contribution is 7.86. The van der Waals surface area contributed by atoms with E-state index in [-0.39, 0.29) is 35.8 Å². The van der Waals surface area contributed by atoms with Crippen LogP contribution in [0.5, 0.6) is 0 Å². The molecule has 0 aliphatic carbocycles. The molecule has 2 aromatic rings. The van der Waals surface area contributed by atoms with Crippen molar-refractivity contribution in [3.8, 4) is 0 Å². The summed E-state index contributed by atoms with van der Waals surface area (Å²) in [5, 5.41) is 0.149. The fourth-order valence-electron chi connectivity index (χ4n) is 2.59. The summed E-state index contributed by atoms with van der Waals surface area (Å²) in [6.45, 7) is 0.239. The summed E-state index contributed by atoms with van der Waals surface area (Å²) in [6, 6.07) is 10.2. The first-order valence-corrected chi connectivity index (χ1v) is 10.4. The Bertz CT molecular complexity index is 890. The van der Waals surface area contributed by atoms with Gasteiger partial charge in [0, 0.05) is 49.4 Å². The van der Waals surface area contributed by atoms with Crippen molar-refractivity contribution in [2.24, 2.45) is 0 Å². The van der Waals surface area contributed by atoms with Gasteiger partial charge in [-0.05, 0) is 32.3 Å². The zero-order valence-corrected chi connectivity index (χ0v) is 17.6. The second-order valence-electron chi connectivity index (χ2n) is 6.69. The molecule has 154 valence electrons. The van der Waals surface area contributed by atoms with Crippen molar-refractivity contribution in [2.45, 2.75) is 13.1 Å². The van der Waals surface area contributed by atoms with E-state index in [1.807, 2.05) is 19.0 Å². The monoisotopic (exact) mass is 431 g/mol. The van der Waals surface area contributed by atoms with Crippen LogP contribution >= 0.6 is 11.6 Å². The van der Waals surface area contributed by atoms with Crippen LogP contribution in [0.25, 0.3) is 0 Å². The second kappa shape index (κ2) is 9.76. The number of halogens is 3. The van der Waals surface area contributed by atoms with Crippen LogP contribution in [-0.4, -0.2) is 56.2 Å². The standard InChI is InChI=1S/C19H24ClF2N3O2S/c1-23(2)11-12-25(13-15-7-4-5-9-18(15)21)28(26,27)24(3)14-16-17(20)8-6-10-19(16)22/h4-10H,11-14H2,1-3H3. The lowest BCUT2D eigenvalue weighted by Crippen LogP contribution is -2.44. The van der Waals surface area contributed by atoms with Gasteiger partial charge in [0.15, 0.2) is 0 Å². The van der Waals surface area contributed by atoms with Crippen LogP contribution in [0, 0.1) is 11.6 Å². The van der Waals surface area contributed by atoms with Gasteiger partial charge in [0.1, 0.15) is 11.6 Å². The molecule has 2 rings (SSSR count). The molecule has 0 radical (unpaired) electrons. The Balaban J connectivity index is 2.29. The van der Waals surface area contributed by atoms with Gasteiger partial charge in [-0.1, -0.05) is 35.9 Å². The average Bonchev–Trinajstić information content (AvgIpc) is 2.62. The van der Waals surface area contributed by atoms with Gasteiger partial charge in [0.2, 0.25) is 0 Å². The molecule has 5 nitrogen and oxygen atoms in total. The molecule has 0 fully saturated rings. The molecule has 0 amide bonds. The molecule has 0 aliphatic rings. The fourth-order valence-corrected chi connectivity index (χ4v) is 4.11. The molecular weight excluding hydrogens is 408 g/mol. The average molecular weight is 432 g/mol. The van der Waals surface area contributed by atoms with E-state index in [0.29, 0.717) is 6.54 Å². The van der Waals surface area contributed by atoms with E-state index in [1.54, 1.807) is 18.2 Å². The maximum absolute atomic E-state index is 14.1. The lowest BCUT2D eigenvalue weighted by Gasteiger charge is -2.29. The number of likely N-dealkylation sites (N-methyl/N-ethyl adjacent to an activating group) is 1. The summed E-state index contributed by atoms with van der Waals surface area (Å²) in [5.41, 5.74) is 0.357. The van der Waals surface area contributed by atoms with E-state index in [0.717, 1.165) is 4.31 Å². The smallest absolute Gasteiger partial charge is 0.282 e. The summed E-state index contributed by atoms with van der Waals surface area (Å²) in [4.78, 5) is 1.83. The van der Waals surface area contributed by atoms with Crippen LogP contribution in [0.4, 0.5) is 8.78 Å². The SMILES string of the molecule is CN(C)CCN(Cc1ccccc1F)S(=O)(=O)N(C)Cc1c(F)cccc1Cl. The van der Waals surface area contributed by atoms with Crippen LogP contribution < -0.4 is 0 Å². The van der Waals surface area contributed by atoms with Gasteiger partial charge in [-0.3, -0.25) is 0 Å². The normalized spacial score (nSPS) is 12.3. The third kappa shape index (κ3) is 5.71. The molecule has 0 N–H and O–H groups in total. The topological polar surface area (TPSA) is 43.9 Å². The van der Waals surface area contributed by atoms with Gasteiger partial charge >= 0.3 is 0 Å². The van der Waals surface area contributed by atoms with Crippen molar-refractivity contribution in [3.63, 3.8) is 0 Å². The van der Waals surface area contributed by atoms with Gasteiger partial charge in [-0.25, -0.2) is 8.78 Å². The molecule has 0 aliphatic heterocycles. The number of nitrogens with zero attached hydrogens (tertiary/aromatic N) is 3. The predicted molar refractivity (Wildman–Crippen MR) is 107 cm³/mol. The Morgan fingerprint density at radius 1 is 0.893 bits per heavy atom. The molecule has 0 bridgehead atoms.